The minimum absolute atomic E-state index is 0.168. The maximum atomic E-state index is 12.4. The molecule has 2 amide bonds. The second kappa shape index (κ2) is 9.64. The normalized spacial score (nSPS) is 12.4. The van der Waals surface area contributed by atoms with Crippen LogP contribution in [0.15, 0.2) is 35.7 Å². The largest absolute Gasteiger partial charge is 0.343 e. The van der Waals surface area contributed by atoms with Crippen molar-refractivity contribution in [3.63, 3.8) is 0 Å². The summed E-state index contributed by atoms with van der Waals surface area (Å²) < 4.78 is 26.0. The van der Waals surface area contributed by atoms with Crippen molar-refractivity contribution in [1.82, 2.24) is 9.62 Å². The predicted molar refractivity (Wildman–Crippen MR) is 97.4 cm³/mol. The average Bonchev–Trinajstić information content (AvgIpc) is 2.59. The summed E-state index contributed by atoms with van der Waals surface area (Å²) in [6, 6.07) is 8.77. The van der Waals surface area contributed by atoms with E-state index < -0.39 is 27.8 Å². The van der Waals surface area contributed by atoms with Gasteiger partial charge >= 0.3 is 0 Å². The number of carbonyl (C=O) groups excluding carboxylic acids is 2. The van der Waals surface area contributed by atoms with E-state index in [9.17, 15) is 18.0 Å². The lowest BCUT2D eigenvalue weighted by molar-refractivity contribution is -0.141. The third-order valence-electron chi connectivity index (χ3n) is 3.49. The van der Waals surface area contributed by atoms with Crippen LogP contribution in [0.4, 0.5) is 0 Å². The molecule has 0 bridgehead atoms. The quantitative estimate of drug-likeness (QED) is 0.562. The zero-order chi connectivity index (χ0) is 18.9. The molecular weight excluding hydrogens is 340 g/mol. The number of hydrogen-bond acceptors (Lipinski definition) is 4. The molecule has 0 aliphatic heterocycles. The Kier molecular flexibility index (Phi) is 7.89. The van der Waals surface area contributed by atoms with Gasteiger partial charge in [0.05, 0.1) is 5.41 Å². The standard InChI is InChI=1S/C18H22N2O4S/c1-4-10-16(18(22)20(5-2)6-3)17(21)19-25(23,24)14-13-15-11-8-7-9-12-15/h1,7-9,11-14,16H,5-6,10H2,2-3H3,(H,19,21)/b14-13+. The first-order chi connectivity index (χ1) is 11.8. The van der Waals surface area contributed by atoms with Gasteiger partial charge in [0.1, 0.15) is 5.92 Å². The van der Waals surface area contributed by atoms with Gasteiger partial charge in [-0.15, -0.1) is 12.3 Å². The molecule has 7 heteroatoms. The van der Waals surface area contributed by atoms with Gasteiger partial charge in [0.15, 0.2) is 0 Å². The Morgan fingerprint density at radius 2 is 1.84 bits per heavy atom. The lowest BCUT2D eigenvalue weighted by Crippen LogP contribution is -2.44. The van der Waals surface area contributed by atoms with Crippen molar-refractivity contribution < 1.29 is 18.0 Å². The number of carbonyl (C=O) groups is 2. The van der Waals surface area contributed by atoms with Crippen molar-refractivity contribution in [3.8, 4) is 12.3 Å². The van der Waals surface area contributed by atoms with Crippen molar-refractivity contribution in [2.45, 2.75) is 20.3 Å². The third-order valence-corrected chi connectivity index (χ3v) is 4.47. The van der Waals surface area contributed by atoms with Crippen LogP contribution >= 0.6 is 0 Å². The second-order valence-electron chi connectivity index (χ2n) is 5.20. The third kappa shape index (κ3) is 6.43. The minimum atomic E-state index is -4.03. The SMILES string of the molecule is C#CCC(C(=O)NS(=O)(=O)/C=C/c1ccccc1)C(=O)N(CC)CC. The number of terminal acetylenes is 1. The number of nitrogens with zero attached hydrogens (tertiary/aromatic N) is 1. The van der Waals surface area contributed by atoms with Gasteiger partial charge in [-0.1, -0.05) is 30.3 Å². The summed E-state index contributed by atoms with van der Waals surface area (Å²) in [6.07, 6.45) is 6.41. The highest BCUT2D eigenvalue weighted by atomic mass is 32.2. The van der Waals surface area contributed by atoms with E-state index >= 15 is 0 Å². The maximum Gasteiger partial charge on any atom is 0.257 e. The maximum absolute atomic E-state index is 12.4. The van der Waals surface area contributed by atoms with E-state index in [1.54, 1.807) is 44.2 Å². The van der Waals surface area contributed by atoms with Crippen LogP contribution in [0.2, 0.25) is 0 Å². The van der Waals surface area contributed by atoms with Gasteiger partial charge in [-0.05, 0) is 25.5 Å². The summed E-state index contributed by atoms with van der Waals surface area (Å²) in [7, 11) is -4.03. The van der Waals surface area contributed by atoms with E-state index in [1.165, 1.54) is 11.0 Å². The molecule has 0 aromatic heterocycles. The molecule has 0 saturated carbocycles. The fraction of sp³-hybridized carbons (Fsp3) is 0.333. The minimum Gasteiger partial charge on any atom is -0.343 e. The summed E-state index contributed by atoms with van der Waals surface area (Å²) in [4.78, 5) is 26.1. The Morgan fingerprint density at radius 3 is 2.36 bits per heavy atom. The Morgan fingerprint density at radius 1 is 1.24 bits per heavy atom. The molecule has 0 radical (unpaired) electrons. The average molecular weight is 362 g/mol. The summed E-state index contributed by atoms with van der Waals surface area (Å²) in [5.41, 5.74) is 0.666. The summed E-state index contributed by atoms with van der Waals surface area (Å²) in [5.74, 6) is -0.384. The zero-order valence-corrected chi connectivity index (χ0v) is 15.1. The van der Waals surface area contributed by atoms with Crippen LogP contribution in [0.5, 0.6) is 0 Å². The molecule has 1 aromatic rings. The van der Waals surface area contributed by atoms with E-state index in [2.05, 4.69) is 5.92 Å². The van der Waals surface area contributed by atoms with Gasteiger partial charge in [-0.3, -0.25) is 9.59 Å². The molecule has 6 nitrogen and oxygen atoms in total. The fourth-order valence-electron chi connectivity index (χ4n) is 2.14. The number of sulfonamides is 1. The Hall–Kier alpha value is -2.59. The molecule has 0 aliphatic rings. The van der Waals surface area contributed by atoms with E-state index in [0.717, 1.165) is 5.41 Å². The van der Waals surface area contributed by atoms with Crippen LogP contribution < -0.4 is 4.72 Å². The lowest BCUT2D eigenvalue weighted by Gasteiger charge is -2.23. The van der Waals surface area contributed by atoms with E-state index in [1.807, 2.05) is 4.72 Å². The van der Waals surface area contributed by atoms with Crippen LogP contribution in [0, 0.1) is 18.3 Å². The van der Waals surface area contributed by atoms with Crippen molar-refractivity contribution in [2.75, 3.05) is 13.1 Å². The van der Waals surface area contributed by atoms with E-state index in [-0.39, 0.29) is 6.42 Å². The Balaban J connectivity index is 2.90. The fourth-order valence-corrected chi connectivity index (χ4v) is 2.97. The molecule has 1 atom stereocenters. The number of benzene rings is 1. The van der Waals surface area contributed by atoms with Crippen LogP contribution in [-0.2, 0) is 19.6 Å². The van der Waals surface area contributed by atoms with Gasteiger partial charge in [-0.25, -0.2) is 13.1 Å². The molecule has 25 heavy (non-hydrogen) atoms. The second-order valence-corrected chi connectivity index (χ2v) is 6.76. The monoisotopic (exact) mass is 362 g/mol. The molecule has 1 aromatic carbocycles. The number of amides is 2. The predicted octanol–water partition coefficient (Wildman–Crippen LogP) is 1.61. The number of hydrogen-bond donors (Lipinski definition) is 1. The first kappa shape index (κ1) is 20.5. The highest BCUT2D eigenvalue weighted by Crippen LogP contribution is 2.10. The molecule has 134 valence electrons. The highest BCUT2D eigenvalue weighted by Gasteiger charge is 2.30. The molecule has 0 saturated heterocycles. The smallest absolute Gasteiger partial charge is 0.257 e. The molecule has 1 N–H and O–H groups in total. The van der Waals surface area contributed by atoms with E-state index in [4.69, 9.17) is 6.42 Å². The van der Waals surface area contributed by atoms with Crippen LogP contribution in [-0.4, -0.2) is 38.2 Å². The molecular formula is C18H22N2O4S. The summed E-state index contributed by atoms with van der Waals surface area (Å²) in [6.45, 7) is 4.35. The van der Waals surface area contributed by atoms with Gasteiger partial charge in [-0.2, -0.15) is 0 Å². The zero-order valence-electron chi connectivity index (χ0n) is 14.3. The molecule has 0 aliphatic carbocycles. The van der Waals surface area contributed by atoms with Crippen molar-refractivity contribution >= 4 is 27.9 Å². The Labute approximate surface area is 149 Å². The molecule has 1 unspecified atom stereocenters. The lowest BCUT2D eigenvalue weighted by atomic mass is 10.0. The Bertz CT molecular complexity index is 760. The first-order valence-corrected chi connectivity index (χ1v) is 9.41. The molecule has 1 rings (SSSR count). The number of rotatable bonds is 8. The van der Waals surface area contributed by atoms with Crippen molar-refractivity contribution in [3.05, 3.63) is 41.3 Å². The molecule has 0 spiro atoms. The van der Waals surface area contributed by atoms with Crippen molar-refractivity contribution in [1.29, 1.82) is 0 Å². The summed E-state index contributed by atoms with van der Waals surface area (Å²) >= 11 is 0. The summed E-state index contributed by atoms with van der Waals surface area (Å²) in [5, 5.41) is 0.884. The van der Waals surface area contributed by atoms with E-state index in [0.29, 0.717) is 18.7 Å². The molecule has 0 heterocycles. The first-order valence-electron chi connectivity index (χ1n) is 7.86. The van der Waals surface area contributed by atoms with Crippen LogP contribution in [0.25, 0.3) is 6.08 Å². The molecule has 0 fully saturated rings. The van der Waals surface area contributed by atoms with Crippen molar-refractivity contribution in [2.24, 2.45) is 5.92 Å². The van der Waals surface area contributed by atoms with Gasteiger partial charge in [0.2, 0.25) is 11.8 Å². The number of nitrogens with one attached hydrogen (secondary N) is 1. The van der Waals surface area contributed by atoms with Gasteiger partial charge in [0.25, 0.3) is 10.0 Å². The van der Waals surface area contributed by atoms with Gasteiger partial charge < -0.3 is 4.90 Å². The van der Waals surface area contributed by atoms with Crippen LogP contribution in [0.3, 0.4) is 0 Å². The topological polar surface area (TPSA) is 83.5 Å². The van der Waals surface area contributed by atoms with Crippen LogP contribution in [0.1, 0.15) is 25.8 Å². The highest BCUT2D eigenvalue weighted by molar-refractivity contribution is 7.93. The van der Waals surface area contributed by atoms with Gasteiger partial charge in [0, 0.05) is 19.5 Å².